The van der Waals surface area contributed by atoms with Gasteiger partial charge in [-0.1, -0.05) is 0 Å². The Labute approximate surface area is 87.9 Å². The highest BCUT2D eigenvalue weighted by molar-refractivity contribution is 5.92. The molecule has 1 aromatic heterocycles. The van der Waals surface area contributed by atoms with Crippen LogP contribution in [0.1, 0.15) is 29.8 Å². The number of aliphatic hydroxyl groups is 1. The van der Waals surface area contributed by atoms with Crippen molar-refractivity contribution in [3.05, 3.63) is 18.0 Å². The van der Waals surface area contributed by atoms with E-state index < -0.39 is 0 Å². The molecule has 1 amide bonds. The summed E-state index contributed by atoms with van der Waals surface area (Å²) in [5, 5.41) is 18.5. The lowest BCUT2D eigenvalue weighted by atomic mass is 10.1. The van der Waals surface area contributed by atoms with Gasteiger partial charge in [0.05, 0.1) is 6.10 Å². The van der Waals surface area contributed by atoms with Crippen molar-refractivity contribution in [1.82, 2.24) is 15.5 Å². The first-order valence-corrected chi connectivity index (χ1v) is 5.21. The summed E-state index contributed by atoms with van der Waals surface area (Å²) in [6, 6.07) is 1.64. The van der Waals surface area contributed by atoms with Crippen LogP contribution in [-0.4, -0.2) is 33.9 Å². The average molecular weight is 209 g/mol. The predicted molar refractivity (Wildman–Crippen MR) is 54.3 cm³/mol. The summed E-state index contributed by atoms with van der Waals surface area (Å²) in [6.07, 6.45) is 4.01. The van der Waals surface area contributed by atoms with Gasteiger partial charge in [-0.3, -0.25) is 9.89 Å². The molecular formula is C10H15N3O2. The summed E-state index contributed by atoms with van der Waals surface area (Å²) in [4.78, 5) is 11.5. The van der Waals surface area contributed by atoms with Crippen LogP contribution < -0.4 is 5.32 Å². The number of carbonyl (C=O) groups excluding carboxylic acids is 1. The lowest BCUT2D eigenvalue weighted by Crippen LogP contribution is -2.28. The third kappa shape index (κ3) is 2.56. The fourth-order valence-electron chi connectivity index (χ4n) is 1.95. The number of amides is 1. The highest BCUT2D eigenvalue weighted by atomic mass is 16.3. The van der Waals surface area contributed by atoms with Crippen LogP contribution in [0.3, 0.4) is 0 Å². The highest BCUT2D eigenvalue weighted by Crippen LogP contribution is 2.24. The van der Waals surface area contributed by atoms with Gasteiger partial charge in [-0.15, -0.1) is 0 Å². The number of hydrogen-bond acceptors (Lipinski definition) is 3. The molecule has 1 heterocycles. The van der Waals surface area contributed by atoms with Crippen LogP contribution in [0.5, 0.6) is 0 Å². The Kier molecular flexibility index (Phi) is 3.01. The summed E-state index contributed by atoms with van der Waals surface area (Å²) in [6.45, 7) is 0.634. The summed E-state index contributed by atoms with van der Waals surface area (Å²) in [7, 11) is 0. The van der Waals surface area contributed by atoms with Crippen LogP contribution in [0.4, 0.5) is 0 Å². The zero-order valence-electron chi connectivity index (χ0n) is 8.44. The maximum atomic E-state index is 11.5. The first kappa shape index (κ1) is 10.2. The minimum Gasteiger partial charge on any atom is -0.393 e. The summed E-state index contributed by atoms with van der Waals surface area (Å²) in [5.74, 6) is 0.278. The minimum absolute atomic E-state index is 0.131. The van der Waals surface area contributed by atoms with E-state index in [1.54, 1.807) is 12.3 Å². The van der Waals surface area contributed by atoms with Crippen LogP contribution in [0.2, 0.25) is 0 Å². The molecule has 0 aromatic carbocycles. The number of H-pyrrole nitrogens is 1. The number of aliphatic hydroxyl groups excluding tert-OH is 1. The van der Waals surface area contributed by atoms with E-state index in [0.717, 1.165) is 19.3 Å². The second-order valence-corrected chi connectivity index (χ2v) is 4.01. The Morgan fingerprint density at radius 3 is 3.13 bits per heavy atom. The maximum Gasteiger partial charge on any atom is 0.269 e. The second kappa shape index (κ2) is 4.44. The fourth-order valence-corrected chi connectivity index (χ4v) is 1.95. The van der Waals surface area contributed by atoms with Crippen molar-refractivity contribution >= 4 is 5.91 Å². The molecule has 5 nitrogen and oxygen atoms in total. The Morgan fingerprint density at radius 2 is 2.53 bits per heavy atom. The molecule has 1 saturated carbocycles. The first-order valence-electron chi connectivity index (χ1n) is 5.21. The largest absolute Gasteiger partial charge is 0.393 e. The summed E-state index contributed by atoms with van der Waals surface area (Å²) in [5.41, 5.74) is 0.480. The SMILES string of the molecule is O=C(NCC1CCC(O)C1)c1ccn[nH]1. The maximum absolute atomic E-state index is 11.5. The van der Waals surface area contributed by atoms with E-state index in [2.05, 4.69) is 15.5 Å². The van der Waals surface area contributed by atoms with Gasteiger partial charge in [0.1, 0.15) is 5.69 Å². The van der Waals surface area contributed by atoms with E-state index in [9.17, 15) is 9.90 Å². The van der Waals surface area contributed by atoms with Crippen LogP contribution in [-0.2, 0) is 0 Å². The normalized spacial score (nSPS) is 25.4. The number of rotatable bonds is 3. The number of carbonyl (C=O) groups is 1. The lowest BCUT2D eigenvalue weighted by Gasteiger charge is -2.09. The van der Waals surface area contributed by atoms with Gasteiger partial charge < -0.3 is 10.4 Å². The van der Waals surface area contributed by atoms with E-state index in [0.29, 0.717) is 18.2 Å². The fraction of sp³-hybridized carbons (Fsp3) is 0.600. The zero-order valence-corrected chi connectivity index (χ0v) is 8.44. The quantitative estimate of drug-likeness (QED) is 0.670. The Morgan fingerprint density at radius 1 is 1.67 bits per heavy atom. The molecule has 2 atom stereocenters. The number of hydrogen-bond donors (Lipinski definition) is 3. The number of aromatic nitrogens is 2. The van der Waals surface area contributed by atoms with Gasteiger partial charge in [0, 0.05) is 12.7 Å². The lowest BCUT2D eigenvalue weighted by molar-refractivity contribution is 0.0940. The van der Waals surface area contributed by atoms with Gasteiger partial charge in [-0.25, -0.2) is 0 Å². The summed E-state index contributed by atoms with van der Waals surface area (Å²) >= 11 is 0. The number of aromatic amines is 1. The second-order valence-electron chi connectivity index (χ2n) is 4.01. The zero-order chi connectivity index (χ0) is 10.7. The molecule has 0 bridgehead atoms. The van der Waals surface area contributed by atoms with Crippen LogP contribution in [0.15, 0.2) is 12.3 Å². The Hall–Kier alpha value is -1.36. The highest BCUT2D eigenvalue weighted by Gasteiger charge is 2.23. The first-order chi connectivity index (χ1) is 7.25. The van der Waals surface area contributed by atoms with Crippen LogP contribution >= 0.6 is 0 Å². The van der Waals surface area contributed by atoms with Gasteiger partial charge in [-0.2, -0.15) is 5.10 Å². The minimum atomic E-state index is -0.181. The monoisotopic (exact) mass is 209 g/mol. The number of nitrogens with one attached hydrogen (secondary N) is 2. The van der Waals surface area contributed by atoms with E-state index in [4.69, 9.17) is 0 Å². The Balaban J connectivity index is 1.76. The van der Waals surface area contributed by atoms with Gasteiger partial charge >= 0.3 is 0 Å². The molecule has 15 heavy (non-hydrogen) atoms. The van der Waals surface area contributed by atoms with Crippen molar-refractivity contribution in [1.29, 1.82) is 0 Å². The van der Waals surface area contributed by atoms with E-state index in [-0.39, 0.29) is 12.0 Å². The van der Waals surface area contributed by atoms with Crippen LogP contribution in [0.25, 0.3) is 0 Å². The average Bonchev–Trinajstić information content (AvgIpc) is 2.84. The van der Waals surface area contributed by atoms with Crippen molar-refractivity contribution in [2.75, 3.05) is 6.54 Å². The molecule has 0 radical (unpaired) electrons. The molecule has 1 aliphatic rings. The van der Waals surface area contributed by atoms with Gasteiger partial charge in [0.2, 0.25) is 0 Å². The van der Waals surface area contributed by atoms with Crippen molar-refractivity contribution in [2.24, 2.45) is 5.92 Å². The molecule has 1 fully saturated rings. The standard InChI is InChI=1S/C10H15N3O2/c14-8-2-1-7(5-8)6-11-10(15)9-3-4-12-13-9/h3-4,7-8,14H,1-2,5-6H2,(H,11,15)(H,12,13). The molecular weight excluding hydrogens is 194 g/mol. The predicted octanol–water partition coefficient (Wildman–Crippen LogP) is 0.300. The van der Waals surface area contributed by atoms with Crippen molar-refractivity contribution in [3.8, 4) is 0 Å². The molecule has 2 rings (SSSR count). The third-order valence-corrected chi connectivity index (χ3v) is 2.81. The molecule has 0 aliphatic heterocycles. The van der Waals surface area contributed by atoms with Crippen molar-refractivity contribution in [2.45, 2.75) is 25.4 Å². The molecule has 1 aliphatic carbocycles. The smallest absolute Gasteiger partial charge is 0.269 e. The van der Waals surface area contributed by atoms with E-state index >= 15 is 0 Å². The molecule has 5 heteroatoms. The third-order valence-electron chi connectivity index (χ3n) is 2.81. The van der Waals surface area contributed by atoms with Gasteiger partial charge in [0.25, 0.3) is 5.91 Å². The number of nitrogens with zero attached hydrogens (tertiary/aromatic N) is 1. The molecule has 0 spiro atoms. The van der Waals surface area contributed by atoms with E-state index in [1.807, 2.05) is 0 Å². The summed E-state index contributed by atoms with van der Waals surface area (Å²) < 4.78 is 0. The van der Waals surface area contributed by atoms with Gasteiger partial charge in [-0.05, 0) is 31.2 Å². The molecule has 1 aromatic rings. The molecule has 0 saturated heterocycles. The van der Waals surface area contributed by atoms with E-state index in [1.165, 1.54) is 0 Å². The van der Waals surface area contributed by atoms with Crippen molar-refractivity contribution < 1.29 is 9.90 Å². The molecule has 2 unspecified atom stereocenters. The van der Waals surface area contributed by atoms with Crippen molar-refractivity contribution in [3.63, 3.8) is 0 Å². The van der Waals surface area contributed by atoms with Crippen LogP contribution in [0, 0.1) is 5.92 Å². The molecule has 3 N–H and O–H groups in total. The Bertz CT molecular complexity index is 323. The molecule has 82 valence electrons. The topological polar surface area (TPSA) is 78.0 Å². The van der Waals surface area contributed by atoms with Gasteiger partial charge in [0.15, 0.2) is 0 Å².